The molecule has 0 aliphatic carbocycles. The van der Waals surface area contributed by atoms with E-state index in [9.17, 15) is 4.79 Å². The third-order valence-electron chi connectivity index (χ3n) is 5.61. The zero-order valence-electron chi connectivity index (χ0n) is 17.3. The van der Waals surface area contributed by atoms with Gasteiger partial charge in [0.1, 0.15) is 0 Å². The molecule has 0 bridgehead atoms. The van der Waals surface area contributed by atoms with Gasteiger partial charge in [-0.25, -0.2) is 0 Å². The van der Waals surface area contributed by atoms with Gasteiger partial charge in [-0.15, -0.1) is 0 Å². The molecule has 4 rings (SSSR count). The summed E-state index contributed by atoms with van der Waals surface area (Å²) in [7, 11) is 0. The maximum atomic E-state index is 12.7. The number of carbonyl (C=O) groups excluding carboxylic acids is 1. The Morgan fingerprint density at radius 2 is 1.97 bits per heavy atom. The number of carbonyl (C=O) groups is 1. The highest BCUT2D eigenvalue weighted by molar-refractivity contribution is 6.36. The van der Waals surface area contributed by atoms with Crippen LogP contribution in [-0.4, -0.2) is 34.0 Å². The SMILES string of the molecule is CCc1ccccc1NC(=O)C1CCN(Cc2nc(-c3ccc(Cl)cc3Cl)no2)CC1. The summed E-state index contributed by atoms with van der Waals surface area (Å²) in [5, 5.41) is 8.19. The Bertz CT molecular complexity index is 1060. The highest BCUT2D eigenvalue weighted by Gasteiger charge is 2.26. The zero-order valence-corrected chi connectivity index (χ0v) is 18.8. The lowest BCUT2D eigenvalue weighted by molar-refractivity contribution is -0.121. The molecule has 0 atom stereocenters. The van der Waals surface area contributed by atoms with Gasteiger partial charge in [0.15, 0.2) is 0 Å². The fraction of sp³-hybridized carbons (Fsp3) is 0.348. The molecule has 162 valence electrons. The Morgan fingerprint density at radius 1 is 1.19 bits per heavy atom. The lowest BCUT2D eigenvalue weighted by Gasteiger charge is -2.30. The van der Waals surface area contributed by atoms with E-state index in [0.717, 1.165) is 43.6 Å². The summed E-state index contributed by atoms with van der Waals surface area (Å²) in [6.45, 7) is 4.23. The van der Waals surface area contributed by atoms with Crippen molar-refractivity contribution in [3.63, 3.8) is 0 Å². The summed E-state index contributed by atoms with van der Waals surface area (Å²) in [6, 6.07) is 13.1. The standard InChI is InChI=1S/C23H24Cl2N4O2/c1-2-15-5-3-4-6-20(15)26-23(30)16-9-11-29(12-10-16)14-21-27-22(28-31-21)18-8-7-17(24)13-19(18)25/h3-8,13,16H,2,9-12,14H2,1H3,(H,26,30). The summed E-state index contributed by atoms with van der Waals surface area (Å²) in [4.78, 5) is 19.4. The molecule has 2 heterocycles. The molecule has 1 aromatic heterocycles. The number of piperidine rings is 1. The van der Waals surface area contributed by atoms with Crippen molar-refractivity contribution in [2.24, 2.45) is 5.92 Å². The Labute approximate surface area is 191 Å². The first-order valence-corrected chi connectivity index (χ1v) is 11.2. The Kier molecular flexibility index (Phi) is 6.90. The first-order valence-electron chi connectivity index (χ1n) is 10.4. The first-order chi connectivity index (χ1) is 15.0. The van der Waals surface area contributed by atoms with Crippen LogP contribution in [0.5, 0.6) is 0 Å². The molecule has 1 amide bonds. The number of halogens is 2. The lowest BCUT2D eigenvalue weighted by atomic mass is 9.95. The van der Waals surface area contributed by atoms with Gasteiger partial charge < -0.3 is 9.84 Å². The molecule has 3 aromatic rings. The normalized spacial score (nSPS) is 15.2. The zero-order chi connectivity index (χ0) is 21.8. The molecule has 0 unspecified atom stereocenters. The number of hydrogen-bond donors (Lipinski definition) is 1. The average molecular weight is 459 g/mol. The molecule has 1 aliphatic heterocycles. The Hall–Kier alpha value is -2.41. The maximum absolute atomic E-state index is 12.7. The molecule has 1 aliphatic rings. The predicted molar refractivity (Wildman–Crippen MR) is 122 cm³/mol. The lowest BCUT2D eigenvalue weighted by Crippen LogP contribution is -2.37. The van der Waals surface area contributed by atoms with Crippen molar-refractivity contribution in [3.8, 4) is 11.4 Å². The second kappa shape index (κ2) is 9.81. The van der Waals surface area contributed by atoms with Crippen LogP contribution in [-0.2, 0) is 17.8 Å². The van der Waals surface area contributed by atoms with Crippen molar-refractivity contribution in [2.75, 3.05) is 18.4 Å². The van der Waals surface area contributed by atoms with Gasteiger partial charge >= 0.3 is 0 Å². The number of hydrogen-bond acceptors (Lipinski definition) is 5. The van der Waals surface area contributed by atoms with E-state index in [0.29, 0.717) is 33.9 Å². The van der Waals surface area contributed by atoms with E-state index in [2.05, 4.69) is 27.3 Å². The molecular formula is C23H24Cl2N4O2. The van der Waals surface area contributed by atoms with Crippen molar-refractivity contribution in [3.05, 3.63) is 64.0 Å². The van der Waals surface area contributed by atoms with E-state index < -0.39 is 0 Å². The van der Waals surface area contributed by atoms with Gasteiger partial charge in [-0.2, -0.15) is 4.98 Å². The summed E-state index contributed by atoms with van der Waals surface area (Å²) < 4.78 is 5.41. The molecule has 0 radical (unpaired) electrons. The van der Waals surface area contributed by atoms with E-state index in [4.69, 9.17) is 27.7 Å². The van der Waals surface area contributed by atoms with Gasteiger partial charge in [0.05, 0.1) is 11.6 Å². The quantitative estimate of drug-likeness (QED) is 0.530. The van der Waals surface area contributed by atoms with E-state index in [-0.39, 0.29) is 11.8 Å². The molecule has 1 saturated heterocycles. The largest absolute Gasteiger partial charge is 0.338 e. The van der Waals surface area contributed by atoms with Crippen LogP contribution in [0.3, 0.4) is 0 Å². The van der Waals surface area contributed by atoms with E-state index in [1.807, 2.05) is 24.3 Å². The van der Waals surface area contributed by atoms with E-state index >= 15 is 0 Å². The van der Waals surface area contributed by atoms with Crippen LogP contribution in [0.15, 0.2) is 47.0 Å². The number of likely N-dealkylation sites (tertiary alicyclic amines) is 1. The van der Waals surface area contributed by atoms with Gasteiger partial charge in [0.25, 0.3) is 0 Å². The van der Waals surface area contributed by atoms with Crippen molar-refractivity contribution in [1.29, 1.82) is 0 Å². The number of benzene rings is 2. The van der Waals surface area contributed by atoms with Crippen molar-refractivity contribution >= 4 is 34.8 Å². The molecule has 6 nitrogen and oxygen atoms in total. The number of anilines is 1. The third-order valence-corrected chi connectivity index (χ3v) is 6.16. The second-order valence-electron chi connectivity index (χ2n) is 7.69. The van der Waals surface area contributed by atoms with Gasteiger partial charge in [0, 0.05) is 22.2 Å². The predicted octanol–water partition coefficient (Wildman–Crippen LogP) is 5.46. The molecule has 2 aromatic carbocycles. The van der Waals surface area contributed by atoms with Crippen LogP contribution in [0.2, 0.25) is 10.0 Å². The number of nitrogens with one attached hydrogen (secondary N) is 1. The number of para-hydroxylation sites is 1. The van der Waals surface area contributed by atoms with Crippen molar-refractivity contribution in [2.45, 2.75) is 32.7 Å². The smallest absolute Gasteiger partial charge is 0.241 e. The summed E-state index contributed by atoms with van der Waals surface area (Å²) in [6.07, 6.45) is 2.48. The van der Waals surface area contributed by atoms with Gasteiger partial charge in [-0.3, -0.25) is 9.69 Å². The van der Waals surface area contributed by atoms with Crippen molar-refractivity contribution in [1.82, 2.24) is 15.0 Å². The third kappa shape index (κ3) is 5.26. The Balaban J connectivity index is 1.31. The monoisotopic (exact) mass is 458 g/mol. The fourth-order valence-corrected chi connectivity index (χ4v) is 4.32. The number of rotatable bonds is 6. The molecule has 31 heavy (non-hydrogen) atoms. The summed E-state index contributed by atoms with van der Waals surface area (Å²) >= 11 is 12.2. The van der Waals surface area contributed by atoms with Crippen LogP contribution >= 0.6 is 23.2 Å². The summed E-state index contributed by atoms with van der Waals surface area (Å²) in [5.74, 6) is 1.08. The van der Waals surface area contributed by atoms with Crippen LogP contribution in [0, 0.1) is 5.92 Å². The Morgan fingerprint density at radius 3 is 2.71 bits per heavy atom. The minimum absolute atomic E-state index is 0.00674. The first kappa shape index (κ1) is 21.8. The molecule has 0 spiro atoms. The number of aryl methyl sites for hydroxylation is 1. The molecular weight excluding hydrogens is 435 g/mol. The van der Waals surface area contributed by atoms with E-state index in [1.165, 1.54) is 0 Å². The number of aromatic nitrogens is 2. The fourth-order valence-electron chi connectivity index (χ4n) is 3.83. The highest BCUT2D eigenvalue weighted by atomic mass is 35.5. The second-order valence-corrected chi connectivity index (χ2v) is 8.53. The van der Waals surface area contributed by atoms with Crippen LogP contribution < -0.4 is 5.32 Å². The molecule has 8 heteroatoms. The van der Waals surface area contributed by atoms with Gasteiger partial charge in [0.2, 0.25) is 17.6 Å². The summed E-state index contributed by atoms with van der Waals surface area (Å²) in [5.41, 5.74) is 2.75. The van der Waals surface area contributed by atoms with Gasteiger partial charge in [-0.05, 0) is 62.2 Å². The van der Waals surface area contributed by atoms with Crippen LogP contribution in [0.1, 0.15) is 31.2 Å². The van der Waals surface area contributed by atoms with Crippen molar-refractivity contribution < 1.29 is 9.32 Å². The van der Waals surface area contributed by atoms with Crippen LogP contribution in [0.4, 0.5) is 5.69 Å². The minimum Gasteiger partial charge on any atom is -0.338 e. The highest BCUT2D eigenvalue weighted by Crippen LogP contribution is 2.29. The molecule has 1 N–H and O–H groups in total. The number of amides is 1. The topological polar surface area (TPSA) is 71.3 Å². The molecule has 1 fully saturated rings. The average Bonchev–Trinajstić information content (AvgIpc) is 3.22. The maximum Gasteiger partial charge on any atom is 0.241 e. The molecule has 0 saturated carbocycles. The van der Waals surface area contributed by atoms with Gasteiger partial charge in [-0.1, -0.05) is 53.5 Å². The van der Waals surface area contributed by atoms with E-state index in [1.54, 1.807) is 18.2 Å². The number of nitrogens with zero attached hydrogens (tertiary/aromatic N) is 3. The van der Waals surface area contributed by atoms with Crippen LogP contribution in [0.25, 0.3) is 11.4 Å². The minimum atomic E-state index is 0.00674.